The largest absolute Gasteiger partial charge is 0.298 e. The van der Waals surface area contributed by atoms with E-state index in [1.54, 1.807) is 0 Å². The predicted octanol–water partition coefficient (Wildman–Crippen LogP) is 3.70. The van der Waals surface area contributed by atoms with Crippen LogP contribution >= 0.6 is 0 Å². The van der Waals surface area contributed by atoms with Crippen LogP contribution in [0.3, 0.4) is 0 Å². The van der Waals surface area contributed by atoms with Crippen LogP contribution in [0.4, 0.5) is 0 Å². The SMILES string of the molecule is CC1CC=C(c2ccc(C=O)cc2)CC1. The minimum Gasteiger partial charge on any atom is -0.298 e. The van der Waals surface area contributed by atoms with Crippen molar-refractivity contribution in [3.8, 4) is 0 Å². The smallest absolute Gasteiger partial charge is 0.150 e. The van der Waals surface area contributed by atoms with Crippen LogP contribution in [0.25, 0.3) is 5.57 Å². The van der Waals surface area contributed by atoms with Crippen LogP contribution in [-0.4, -0.2) is 6.29 Å². The topological polar surface area (TPSA) is 17.1 Å². The summed E-state index contributed by atoms with van der Waals surface area (Å²) in [4.78, 5) is 10.5. The van der Waals surface area contributed by atoms with Crippen molar-refractivity contribution in [2.75, 3.05) is 0 Å². The van der Waals surface area contributed by atoms with Gasteiger partial charge in [-0.25, -0.2) is 0 Å². The molecule has 0 bridgehead atoms. The summed E-state index contributed by atoms with van der Waals surface area (Å²) in [7, 11) is 0. The van der Waals surface area contributed by atoms with Gasteiger partial charge in [0.05, 0.1) is 0 Å². The summed E-state index contributed by atoms with van der Waals surface area (Å²) in [6.45, 7) is 2.29. The Morgan fingerprint density at radius 1 is 1.27 bits per heavy atom. The lowest BCUT2D eigenvalue weighted by atomic mass is 9.87. The maximum atomic E-state index is 10.5. The van der Waals surface area contributed by atoms with Gasteiger partial charge in [-0.1, -0.05) is 37.3 Å². The number of aldehydes is 1. The van der Waals surface area contributed by atoms with E-state index in [0.29, 0.717) is 0 Å². The Morgan fingerprint density at radius 3 is 2.53 bits per heavy atom. The summed E-state index contributed by atoms with van der Waals surface area (Å²) in [6.07, 6.45) is 6.86. The van der Waals surface area contributed by atoms with E-state index < -0.39 is 0 Å². The molecule has 1 aromatic carbocycles. The van der Waals surface area contributed by atoms with Crippen molar-refractivity contribution in [1.29, 1.82) is 0 Å². The van der Waals surface area contributed by atoms with Crippen molar-refractivity contribution >= 4 is 11.9 Å². The molecule has 1 atom stereocenters. The van der Waals surface area contributed by atoms with Crippen LogP contribution in [0.1, 0.15) is 42.1 Å². The second kappa shape index (κ2) is 4.43. The Hall–Kier alpha value is -1.37. The molecule has 0 saturated heterocycles. The second-order valence-electron chi connectivity index (χ2n) is 4.35. The van der Waals surface area contributed by atoms with Gasteiger partial charge in [-0.3, -0.25) is 4.79 Å². The molecule has 0 amide bonds. The molecule has 0 aromatic heterocycles. The van der Waals surface area contributed by atoms with E-state index in [4.69, 9.17) is 0 Å². The summed E-state index contributed by atoms with van der Waals surface area (Å²) in [5.41, 5.74) is 3.46. The Morgan fingerprint density at radius 2 is 2.00 bits per heavy atom. The summed E-state index contributed by atoms with van der Waals surface area (Å²) >= 11 is 0. The van der Waals surface area contributed by atoms with E-state index >= 15 is 0 Å². The van der Waals surface area contributed by atoms with Crippen molar-refractivity contribution in [3.63, 3.8) is 0 Å². The highest BCUT2D eigenvalue weighted by molar-refractivity contribution is 5.76. The molecule has 1 nitrogen and oxygen atoms in total. The molecule has 15 heavy (non-hydrogen) atoms. The van der Waals surface area contributed by atoms with Gasteiger partial charge in [-0.15, -0.1) is 0 Å². The molecule has 1 heteroatoms. The molecule has 0 heterocycles. The number of carbonyl (C=O) groups is 1. The molecule has 1 aliphatic carbocycles. The molecule has 0 aliphatic heterocycles. The standard InChI is InChI=1S/C14H16O/c1-11-2-6-13(7-3-11)14-8-4-12(10-15)5-9-14/h4-6,8-11H,2-3,7H2,1H3. The first kappa shape index (κ1) is 10.2. The fraction of sp³-hybridized carbons (Fsp3) is 0.357. The van der Waals surface area contributed by atoms with Crippen LogP contribution in [0.15, 0.2) is 30.3 Å². The van der Waals surface area contributed by atoms with Crippen LogP contribution in [-0.2, 0) is 0 Å². The van der Waals surface area contributed by atoms with Crippen LogP contribution in [0, 0.1) is 5.92 Å². The third-order valence-corrected chi connectivity index (χ3v) is 3.09. The zero-order valence-electron chi connectivity index (χ0n) is 9.07. The summed E-state index contributed by atoms with van der Waals surface area (Å²) < 4.78 is 0. The lowest BCUT2D eigenvalue weighted by molar-refractivity contribution is 0.112. The lowest BCUT2D eigenvalue weighted by Crippen LogP contribution is -2.00. The molecule has 0 N–H and O–H groups in total. The van der Waals surface area contributed by atoms with E-state index in [2.05, 4.69) is 13.0 Å². The van der Waals surface area contributed by atoms with E-state index in [1.807, 2.05) is 24.3 Å². The Bertz CT molecular complexity index is 373. The van der Waals surface area contributed by atoms with Gasteiger partial charge in [0.15, 0.2) is 0 Å². The average molecular weight is 200 g/mol. The fourth-order valence-electron chi connectivity index (χ4n) is 2.00. The number of rotatable bonds is 2. The van der Waals surface area contributed by atoms with E-state index in [9.17, 15) is 4.79 Å². The number of allylic oxidation sites excluding steroid dienone is 2. The van der Waals surface area contributed by atoms with Gasteiger partial charge in [0.1, 0.15) is 6.29 Å². The molecule has 78 valence electrons. The molecular formula is C14H16O. The second-order valence-corrected chi connectivity index (χ2v) is 4.35. The summed E-state index contributed by atoms with van der Waals surface area (Å²) in [6, 6.07) is 7.87. The highest BCUT2D eigenvalue weighted by atomic mass is 16.1. The van der Waals surface area contributed by atoms with Gasteiger partial charge in [-0.05, 0) is 36.3 Å². The van der Waals surface area contributed by atoms with E-state index in [0.717, 1.165) is 17.8 Å². The first-order valence-electron chi connectivity index (χ1n) is 5.54. The highest BCUT2D eigenvalue weighted by Gasteiger charge is 2.10. The normalized spacial score (nSPS) is 20.9. The van der Waals surface area contributed by atoms with Gasteiger partial charge in [-0.2, -0.15) is 0 Å². The summed E-state index contributed by atoms with van der Waals surface area (Å²) in [5.74, 6) is 0.822. The van der Waals surface area contributed by atoms with E-state index in [1.165, 1.54) is 30.4 Å². The van der Waals surface area contributed by atoms with Gasteiger partial charge >= 0.3 is 0 Å². The predicted molar refractivity (Wildman–Crippen MR) is 62.8 cm³/mol. The third-order valence-electron chi connectivity index (χ3n) is 3.09. The highest BCUT2D eigenvalue weighted by Crippen LogP contribution is 2.29. The first-order valence-corrected chi connectivity index (χ1v) is 5.54. The van der Waals surface area contributed by atoms with Crippen molar-refractivity contribution in [1.82, 2.24) is 0 Å². The summed E-state index contributed by atoms with van der Waals surface area (Å²) in [5, 5.41) is 0. The molecule has 0 saturated carbocycles. The van der Waals surface area contributed by atoms with Crippen molar-refractivity contribution in [2.24, 2.45) is 5.92 Å². The van der Waals surface area contributed by atoms with Crippen molar-refractivity contribution < 1.29 is 4.79 Å². The average Bonchev–Trinajstić information content (AvgIpc) is 2.30. The van der Waals surface area contributed by atoms with Crippen molar-refractivity contribution in [2.45, 2.75) is 26.2 Å². The van der Waals surface area contributed by atoms with Gasteiger partial charge in [0, 0.05) is 5.56 Å². The Balaban J connectivity index is 2.19. The van der Waals surface area contributed by atoms with Crippen LogP contribution < -0.4 is 0 Å². The zero-order valence-corrected chi connectivity index (χ0v) is 9.07. The fourth-order valence-corrected chi connectivity index (χ4v) is 2.00. The number of hydrogen-bond acceptors (Lipinski definition) is 1. The van der Waals surface area contributed by atoms with Crippen molar-refractivity contribution in [3.05, 3.63) is 41.5 Å². The molecule has 1 unspecified atom stereocenters. The maximum Gasteiger partial charge on any atom is 0.150 e. The number of hydrogen-bond donors (Lipinski definition) is 0. The molecule has 2 rings (SSSR count). The Kier molecular flexibility index (Phi) is 3.00. The maximum absolute atomic E-state index is 10.5. The minimum absolute atomic E-state index is 0.753. The molecule has 0 radical (unpaired) electrons. The van der Waals surface area contributed by atoms with Gasteiger partial charge < -0.3 is 0 Å². The number of carbonyl (C=O) groups excluding carboxylic acids is 1. The van der Waals surface area contributed by atoms with Crippen LogP contribution in [0.5, 0.6) is 0 Å². The first-order chi connectivity index (χ1) is 7.29. The quantitative estimate of drug-likeness (QED) is 0.665. The molecular weight excluding hydrogens is 184 g/mol. The van der Waals surface area contributed by atoms with E-state index in [-0.39, 0.29) is 0 Å². The Labute approximate surface area is 90.8 Å². The molecule has 0 spiro atoms. The zero-order chi connectivity index (χ0) is 10.7. The lowest BCUT2D eigenvalue weighted by Gasteiger charge is -2.18. The minimum atomic E-state index is 0.753. The molecule has 1 aromatic rings. The number of benzene rings is 1. The molecule has 0 fully saturated rings. The van der Waals surface area contributed by atoms with Gasteiger partial charge in [0.2, 0.25) is 0 Å². The monoisotopic (exact) mass is 200 g/mol. The third kappa shape index (κ3) is 2.35. The molecule has 1 aliphatic rings. The van der Waals surface area contributed by atoms with Gasteiger partial charge in [0.25, 0.3) is 0 Å². The van der Waals surface area contributed by atoms with Crippen LogP contribution in [0.2, 0.25) is 0 Å².